The summed E-state index contributed by atoms with van der Waals surface area (Å²) < 4.78 is 1.01. The molecule has 19 heavy (non-hydrogen) atoms. The normalized spacial score (nSPS) is 10.2. The van der Waals surface area contributed by atoms with Gasteiger partial charge in [0, 0.05) is 16.6 Å². The van der Waals surface area contributed by atoms with Crippen molar-refractivity contribution < 1.29 is 4.79 Å². The lowest BCUT2D eigenvalue weighted by Gasteiger charge is -2.07. The summed E-state index contributed by atoms with van der Waals surface area (Å²) in [5.41, 5.74) is 3.01. The third kappa shape index (κ3) is 3.67. The highest BCUT2D eigenvalue weighted by molar-refractivity contribution is 9.10. The first kappa shape index (κ1) is 13.8. The van der Waals surface area contributed by atoms with Crippen LogP contribution in [-0.4, -0.2) is 5.91 Å². The van der Waals surface area contributed by atoms with Gasteiger partial charge in [0.05, 0.1) is 0 Å². The predicted molar refractivity (Wildman–Crippen MR) is 81.1 cm³/mol. The SMILES string of the molecule is CCc1ccc(C(=O)NCc2ccccc2Br)cc1. The van der Waals surface area contributed by atoms with Crippen molar-refractivity contribution >= 4 is 21.8 Å². The minimum absolute atomic E-state index is 0.0431. The highest BCUT2D eigenvalue weighted by atomic mass is 79.9. The molecule has 0 aliphatic heterocycles. The molecule has 2 rings (SSSR count). The van der Waals surface area contributed by atoms with Crippen LogP contribution in [0.25, 0.3) is 0 Å². The van der Waals surface area contributed by atoms with E-state index >= 15 is 0 Å². The average Bonchev–Trinajstić information content (AvgIpc) is 2.46. The lowest BCUT2D eigenvalue weighted by Crippen LogP contribution is -2.22. The summed E-state index contributed by atoms with van der Waals surface area (Å²) in [6, 6.07) is 15.6. The van der Waals surface area contributed by atoms with Crippen LogP contribution in [0.2, 0.25) is 0 Å². The molecule has 0 atom stereocenters. The van der Waals surface area contributed by atoms with Crippen LogP contribution in [0.5, 0.6) is 0 Å². The smallest absolute Gasteiger partial charge is 0.251 e. The molecule has 0 saturated heterocycles. The molecule has 0 aliphatic carbocycles. The molecule has 0 saturated carbocycles. The number of carbonyl (C=O) groups is 1. The summed E-state index contributed by atoms with van der Waals surface area (Å²) in [5, 5.41) is 2.92. The fourth-order valence-corrected chi connectivity index (χ4v) is 2.24. The number of halogens is 1. The standard InChI is InChI=1S/C16H16BrNO/c1-2-12-7-9-13(10-8-12)16(19)18-11-14-5-3-4-6-15(14)17/h3-10H,2,11H2,1H3,(H,18,19). The van der Waals surface area contributed by atoms with Crippen molar-refractivity contribution in [3.05, 3.63) is 69.7 Å². The highest BCUT2D eigenvalue weighted by Gasteiger charge is 2.06. The summed E-state index contributed by atoms with van der Waals surface area (Å²) in [6.07, 6.45) is 0.985. The van der Waals surface area contributed by atoms with Gasteiger partial charge in [0.2, 0.25) is 0 Å². The van der Waals surface area contributed by atoms with Crippen molar-refractivity contribution in [2.45, 2.75) is 19.9 Å². The van der Waals surface area contributed by atoms with Crippen LogP contribution < -0.4 is 5.32 Å². The zero-order valence-corrected chi connectivity index (χ0v) is 12.4. The number of amides is 1. The van der Waals surface area contributed by atoms with Crippen LogP contribution in [0.4, 0.5) is 0 Å². The molecule has 1 N–H and O–H groups in total. The van der Waals surface area contributed by atoms with Crippen molar-refractivity contribution in [2.75, 3.05) is 0 Å². The molecule has 2 aromatic rings. The quantitative estimate of drug-likeness (QED) is 0.909. The molecule has 0 aromatic heterocycles. The average molecular weight is 318 g/mol. The number of aryl methyl sites for hydroxylation is 1. The van der Waals surface area contributed by atoms with Crippen LogP contribution in [-0.2, 0) is 13.0 Å². The number of benzene rings is 2. The number of nitrogens with one attached hydrogen (secondary N) is 1. The van der Waals surface area contributed by atoms with E-state index in [0.29, 0.717) is 12.1 Å². The van der Waals surface area contributed by atoms with Crippen LogP contribution in [0.1, 0.15) is 28.4 Å². The molecule has 2 nitrogen and oxygen atoms in total. The van der Waals surface area contributed by atoms with Crippen molar-refractivity contribution in [1.29, 1.82) is 0 Å². The van der Waals surface area contributed by atoms with Gasteiger partial charge in [0.1, 0.15) is 0 Å². The van der Waals surface area contributed by atoms with Crippen LogP contribution in [0.15, 0.2) is 53.0 Å². The second-order valence-electron chi connectivity index (χ2n) is 4.32. The van der Waals surface area contributed by atoms with E-state index in [2.05, 4.69) is 28.2 Å². The maximum atomic E-state index is 12.0. The molecule has 0 fully saturated rings. The first-order valence-electron chi connectivity index (χ1n) is 6.31. The Bertz CT molecular complexity index is 563. The van der Waals surface area contributed by atoms with Gasteiger partial charge >= 0.3 is 0 Å². The van der Waals surface area contributed by atoms with Gasteiger partial charge in [-0.3, -0.25) is 4.79 Å². The Balaban J connectivity index is 1.99. The second kappa shape index (κ2) is 6.53. The first-order valence-corrected chi connectivity index (χ1v) is 7.10. The molecule has 0 unspecified atom stereocenters. The lowest BCUT2D eigenvalue weighted by molar-refractivity contribution is 0.0951. The van der Waals surface area contributed by atoms with Gasteiger partial charge in [-0.05, 0) is 35.7 Å². The first-order chi connectivity index (χ1) is 9.20. The summed E-state index contributed by atoms with van der Waals surface area (Å²) in [5.74, 6) is -0.0431. The number of rotatable bonds is 4. The topological polar surface area (TPSA) is 29.1 Å². The maximum Gasteiger partial charge on any atom is 0.251 e. The molecular formula is C16H16BrNO. The molecule has 2 aromatic carbocycles. The van der Waals surface area contributed by atoms with Gasteiger partial charge in [-0.1, -0.05) is 53.2 Å². The zero-order chi connectivity index (χ0) is 13.7. The van der Waals surface area contributed by atoms with Crippen molar-refractivity contribution in [3.8, 4) is 0 Å². The number of hydrogen-bond donors (Lipinski definition) is 1. The number of hydrogen-bond acceptors (Lipinski definition) is 1. The van der Waals surface area contributed by atoms with Crippen LogP contribution in [0, 0.1) is 0 Å². The third-order valence-electron chi connectivity index (χ3n) is 3.02. The molecular weight excluding hydrogens is 302 g/mol. The lowest BCUT2D eigenvalue weighted by atomic mass is 10.1. The zero-order valence-electron chi connectivity index (χ0n) is 10.8. The van der Waals surface area contributed by atoms with E-state index in [1.807, 2.05) is 48.5 Å². The summed E-state index contributed by atoms with van der Waals surface area (Å²) in [4.78, 5) is 12.0. The Labute approximate surface area is 122 Å². The van der Waals surface area contributed by atoms with Crippen molar-refractivity contribution in [1.82, 2.24) is 5.32 Å². The van der Waals surface area contributed by atoms with E-state index in [-0.39, 0.29) is 5.91 Å². The monoisotopic (exact) mass is 317 g/mol. The minimum atomic E-state index is -0.0431. The van der Waals surface area contributed by atoms with Gasteiger partial charge in [-0.2, -0.15) is 0 Å². The molecule has 0 bridgehead atoms. The van der Waals surface area contributed by atoms with E-state index in [4.69, 9.17) is 0 Å². The fourth-order valence-electron chi connectivity index (χ4n) is 1.81. The van der Waals surface area contributed by atoms with Crippen LogP contribution in [0.3, 0.4) is 0 Å². The Kier molecular flexibility index (Phi) is 4.74. The Hall–Kier alpha value is -1.61. The molecule has 0 heterocycles. The number of carbonyl (C=O) groups excluding carboxylic acids is 1. The molecule has 0 aliphatic rings. The van der Waals surface area contributed by atoms with Gasteiger partial charge < -0.3 is 5.32 Å². The van der Waals surface area contributed by atoms with Gasteiger partial charge in [-0.25, -0.2) is 0 Å². The summed E-state index contributed by atoms with van der Waals surface area (Å²) in [6.45, 7) is 2.62. The maximum absolute atomic E-state index is 12.0. The van der Waals surface area contributed by atoms with E-state index < -0.39 is 0 Å². The van der Waals surface area contributed by atoms with E-state index in [9.17, 15) is 4.79 Å². The van der Waals surface area contributed by atoms with Crippen molar-refractivity contribution in [2.24, 2.45) is 0 Å². The molecule has 0 spiro atoms. The fraction of sp³-hybridized carbons (Fsp3) is 0.188. The summed E-state index contributed by atoms with van der Waals surface area (Å²) >= 11 is 3.47. The highest BCUT2D eigenvalue weighted by Crippen LogP contribution is 2.15. The van der Waals surface area contributed by atoms with E-state index in [1.54, 1.807) is 0 Å². The second-order valence-corrected chi connectivity index (χ2v) is 5.18. The predicted octanol–water partition coefficient (Wildman–Crippen LogP) is 3.94. The molecule has 1 amide bonds. The Morgan fingerprint density at radius 1 is 1.11 bits per heavy atom. The minimum Gasteiger partial charge on any atom is -0.348 e. The van der Waals surface area contributed by atoms with Gasteiger partial charge in [0.25, 0.3) is 5.91 Å². The third-order valence-corrected chi connectivity index (χ3v) is 3.80. The summed E-state index contributed by atoms with van der Waals surface area (Å²) in [7, 11) is 0. The van der Waals surface area contributed by atoms with Gasteiger partial charge in [0.15, 0.2) is 0 Å². The van der Waals surface area contributed by atoms with E-state index in [0.717, 1.165) is 16.5 Å². The molecule has 0 radical (unpaired) electrons. The van der Waals surface area contributed by atoms with Crippen molar-refractivity contribution in [3.63, 3.8) is 0 Å². The Morgan fingerprint density at radius 2 is 1.79 bits per heavy atom. The Morgan fingerprint density at radius 3 is 2.42 bits per heavy atom. The van der Waals surface area contributed by atoms with E-state index in [1.165, 1.54) is 5.56 Å². The molecule has 3 heteroatoms. The largest absolute Gasteiger partial charge is 0.348 e. The van der Waals surface area contributed by atoms with Crippen LogP contribution >= 0.6 is 15.9 Å². The molecule has 98 valence electrons. The van der Waals surface area contributed by atoms with Gasteiger partial charge in [-0.15, -0.1) is 0 Å².